The van der Waals surface area contributed by atoms with Gasteiger partial charge in [-0.25, -0.2) is 14.3 Å². The van der Waals surface area contributed by atoms with Gasteiger partial charge < -0.3 is 19.6 Å². The summed E-state index contributed by atoms with van der Waals surface area (Å²) in [6, 6.07) is 8.82. The number of rotatable bonds is 6. The van der Waals surface area contributed by atoms with Crippen molar-refractivity contribution in [2.45, 2.75) is 26.2 Å². The number of hydrogen-bond acceptors (Lipinski definition) is 7. The van der Waals surface area contributed by atoms with E-state index < -0.39 is 11.9 Å². The number of carbonyl (C=O) groups is 1. The fourth-order valence-corrected chi connectivity index (χ4v) is 3.87. The number of cyclic esters (lactones) is 1. The Kier molecular flexibility index (Phi) is 4.68. The summed E-state index contributed by atoms with van der Waals surface area (Å²) in [6.07, 6.45) is 2.91. The molecule has 3 N–H and O–H groups in total. The summed E-state index contributed by atoms with van der Waals surface area (Å²) in [4.78, 5) is 25.6. The Labute approximate surface area is 176 Å². The molecule has 2 aromatic carbocycles. The lowest BCUT2D eigenvalue weighted by Gasteiger charge is -2.16. The molecule has 0 bridgehead atoms. The maximum atomic E-state index is 11.7. The van der Waals surface area contributed by atoms with Crippen molar-refractivity contribution < 1.29 is 19.1 Å². The van der Waals surface area contributed by atoms with Crippen molar-refractivity contribution in [2.24, 2.45) is 0 Å². The summed E-state index contributed by atoms with van der Waals surface area (Å²) in [5, 5.41) is 18.2. The molecule has 0 aliphatic carbocycles. The van der Waals surface area contributed by atoms with Crippen molar-refractivity contribution >= 4 is 17.1 Å². The van der Waals surface area contributed by atoms with Crippen LogP contribution in [-0.2, 0) is 17.9 Å². The molecule has 2 aromatic heterocycles. The number of oxazole rings is 1. The second-order valence-corrected chi connectivity index (χ2v) is 7.52. The molecule has 0 saturated carbocycles. The Morgan fingerprint density at radius 1 is 1.29 bits per heavy atom. The number of esters is 1. The Bertz CT molecular complexity index is 1350. The number of fused-ring (bicyclic) bond motifs is 2. The van der Waals surface area contributed by atoms with E-state index in [2.05, 4.69) is 15.4 Å². The molecule has 0 amide bonds. The number of aliphatic hydroxyl groups excluding tert-OH is 1. The predicted octanol–water partition coefficient (Wildman–Crippen LogP) is 2.11. The van der Waals surface area contributed by atoms with Crippen LogP contribution in [0, 0.1) is 6.92 Å². The SMILES string of the molecule is Cc1c([C@@H](O)CNCc2cnn(-c3ccc4oc(=O)[nH]c4c3)c2)ccc2c1COC2=O. The molecule has 4 aromatic rings. The zero-order valence-corrected chi connectivity index (χ0v) is 16.7. The Morgan fingerprint density at radius 2 is 2.16 bits per heavy atom. The van der Waals surface area contributed by atoms with Crippen LogP contribution in [0.3, 0.4) is 0 Å². The molecular weight excluding hydrogens is 400 g/mol. The summed E-state index contributed by atoms with van der Waals surface area (Å²) >= 11 is 0. The number of nitrogens with one attached hydrogen (secondary N) is 2. The van der Waals surface area contributed by atoms with E-state index in [9.17, 15) is 14.7 Å². The smallest absolute Gasteiger partial charge is 0.417 e. The first-order chi connectivity index (χ1) is 15.0. The van der Waals surface area contributed by atoms with Gasteiger partial charge >= 0.3 is 11.7 Å². The van der Waals surface area contributed by atoms with Gasteiger partial charge in [0.25, 0.3) is 0 Å². The molecule has 9 heteroatoms. The topological polar surface area (TPSA) is 122 Å². The van der Waals surface area contributed by atoms with E-state index in [0.717, 1.165) is 27.9 Å². The maximum Gasteiger partial charge on any atom is 0.417 e. The van der Waals surface area contributed by atoms with Crippen molar-refractivity contribution in [3.05, 3.63) is 81.1 Å². The first kappa shape index (κ1) is 19.3. The Morgan fingerprint density at radius 3 is 3.03 bits per heavy atom. The van der Waals surface area contributed by atoms with Gasteiger partial charge in [0.05, 0.1) is 29.1 Å². The van der Waals surface area contributed by atoms with Crippen LogP contribution in [0.25, 0.3) is 16.8 Å². The number of aromatic amines is 1. The highest BCUT2D eigenvalue weighted by Crippen LogP contribution is 2.28. The van der Waals surface area contributed by atoms with Crippen LogP contribution in [0.2, 0.25) is 0 Å². The molecule has 9 nitrogen and oxygen atoms in total. The zero-order valence-electron chi connectivity index (χ0n) is 16.7. The van der Waals surface area contributed by atoms with Gasteiger partial charge in [0.1, 0.15) is 6.61 Å². The number of carbonyl (C=O) groups excluding carboxylic acids is 1. The third-order valence-corrected chi connectivity index (χ3v) is 5.54. The van der Waals surface area contributed by atoms with Crippen LogP contribution >= 0.6 is 0 Å². The molecule has 0 fully saturated rings. The van der Waals surface area contributed by atoms with Gasteiger partial charge in [0.2, 0.25) is 0 Å². The highest BCUT2D eigenvalue weighted by atomic mass is 16.5. The fraction of sp³-hybridized carbons (Fsp3) is 0.227. The van der Waals surface area contributed by atoms with Crippen LogP contribution in [0.4, 0.5) is 0 Å². The van der Waals surface area contributed by atoms with Crippen molar-refractivity contribution in [2.75, 3.05) is 6.54 Å². The zero-order chi connectivity index (χ0) is 21.5. The second-order valence-electron chi connectivity index (χ2n) is 7.52. The standard InChI is InChI=1S/C22H20N4O5/c1-12-15(3-4-16-17(12)11-30-21(16)28)19(27)9-23-7-13-8-24-26(10-13)14-2-5-20-18(6-14)25-22(29)31-20/h2-6,8,10,19,23,27H,7,9,11H2,1H3,(H,25,29)/t19-/m0/s1. The predicted molar refractivity (Wildman–Crippen MR) is 111 cm³/mol. The number of H-pyrrole nitrogens is 1. The highest BCUT2D eigenvalue weighted by Gasteiger charge is 2.25. The van der Waals surface area contributed by atoms with Crippen molar-refractivity contribution in [3.63, 3.8) is 0 Å². The summed E-state index contributed by atoms with van der Waals surface area (Å²) in [5.74, 6) is -0.804. The average Bonchev–Trinajstić information content (AvgIpc) is 3.46. The first-order valence-electron chi connectivity index (χ1n) is 9.84. The van der Waals surface area contributed by atoms with Crippen LogP contribution in [0.5, 0.6) is 0 Å². The lowest BCUT2D eigenvalue weighted by atomic mass is 9.95. The quantitative estimate of drug-likeness (QED) is 0.408. The fourth-order valence-electron chi connectivity index (χ4n) is 3.87. The van der Waals surface area contributed by atoms with Crippen LogP contribution in [-0.4, -0.2) is 32.4 Å². The van der Waals surface area contributed by atoms with E-state index in [1.807, 2.05) is 19.2 Å². The minimum absolute atomic E-state index is 0.256. The summed E-state index contributed by atoms with van der Waals surface area (Å²) < 4.78 is 11.8. The van der Waals surface area contributed by atoms with E-state index in [0.29, 0.717) is 29.8 Å². The van der Waals surface area contributed by atoms with Gasteiger partial charge in [-0.15, -0.1) is 0 Å². The molecule has 1 aliphatic rings. The molecule has 158 valence electrons. The van der Waals surface area contributed by atoms with Gasteiger partial charge in [0, 0.05) is 30.4 Å². The normalized spacial score (nSPS) is 14.1. The van der Waals surface area contributed by atoms with E-state index in [4.69, 9.17) is 9.15 Å². The number of benzene rings is 2. The number of aromatic nitrogens is 3. The van der Waals surface area contributed by atoms with Gasteiger partial charge in [-0.2, -0.15) is 5.10 Å². The average molecular weight is 420 g/mol. The van der Waals surface area contributed by atoms with Crippen molar-refractivity contribution in [1.82, 2.24) is 20.1 Å². The molecule has 5 rings (SSSR count). The third kappa shape index (κ3) is 3.54. The monoisotopic (exact) mass is 420 g/mol. The number of aliphatic hydroxyl groups is 1. The molecule has 0 radical (unpaired) electrons. The van der Waals surface area contributed by atoms with E-state index >= 15 is 0 Å². The number of hydrogen-bond donors (Lipinski definition) is 3. The molecule has 0 saturated heterocycles. The molecule has 0 spiro atoms. The largest absolute Gasteiger partial charge is 0.457 e. The first-order valence-corrected chi connectivity index (χ1v) is 9.84. The molecule has 31 heavy (non-hydrogen) atoms. The van der Waals surface area contributed by atoms with E-state index in [1.54, 1.807) is 35.1 Å². The van der Waals surface area contributed by atoms with Crippen LogP contribution < -0.4 is 11.1 Å². The third-order valence-electron chi connectivity index (χ3n) is 5.54. The Hall–Kier alpha value is -3.69. The Balaban J connectivity index is 1.23. The van der Waals surface area contributed by atoms with Gasteiger partial charge in [0.15, 0.2) is 5.58 Å². The van der Waals surface area contributed by atoms with Gasteiger partial charge in [-0.05, 0) is 42.3 Å². The molecule has 3 heterocycles. The van der Waals surface area contributed by atoms with E-state index in [1.165, 1.54) is 0 Å². The van der Waals surface area contributed by atoms with Gasteiger partial charge in [-0.3, -0.25) is 4.98 Å². The maximum absolute atomic E-state index is 11.7. The van der Waals surface area contributed by atoms with Crippen LogP contribution in [0.1, 0.15) is 38.7 Å². The minimum atomic E-state index is -0.712. The lowest BCUT2D eigenvalue weighted by molar-refractivity contribution is 0.0535. The number of nitrogens with zero attached hydrogens (tertiary/aromatic N) is 2. The minimum Gasteiger partial charge on any atom is -0.457 e. The van der Waals surface area contributed by atoms with Crippen LogP contribution in [0.15, 0.2) is 51.9 Å². The summed E-state index contributed by atoms with van der Waals surface area (Å²) in [6.45, 7) is 3.02. The number of ether oxygens (including phenoxy) is 1. The highest BCUT2D eigenvalue weighted by molar-refractivity contribution is 5.94. The lowest BCUT2D eigenvalue weighted by Crippen LogP contribution is -2.21. The molecule has 0 unspecified atom stereocenters. The molecule has 1 atom stereocenters. The summed E-state index contributed by atoms with van der Waals surface area (Å²) in [5.41, 5.74) is 5.93. The van der Waals surface area contributed by atoms with Gasteiger partial charge in [-0.1, -0.05) is 6.07 Å². The molecular formula is C22H20N4O5. The summed E-state index contributed by atoms with van der Waals surface area (Å²) in [7, 11) is 0. The van der Waals surface area contributed by atoms with Crippen molar-refractivity contribution in [1.29, 1.82) is 0 Å². The van der Waals surface area contributed by atoms with Crippen molar-refractivity contribution in [3.8, 4) is 5.69 Å². The molecule has 1 aliphatic heterocycles. The second kappa shape index (κ2) is 7.53. The van der Waals surface area contributed by atoms with E-state index in [-0.39, 0.29) is 12.6 Å².